The second-order valence-corrected chi connectivity index (χ2v) is 2.47. The molecule has 0 heterocycles. The molecule has 5 nitrogen and oxygen atoms in total. The van der Waals surface area contributed by atoms with Crippen LogP contribution in [0.15, 0.2) is 24.3 Å². The molecule has 0 saturated carbocycles. The molecule has 0 aliphatic rings. The summed E-state index contributed by atoms with van der Waals surface area (Å²) in [7, 11) is 0. The Morgan fingerprint density at radius 2 is 2.00 bits per heavy atom. The number of benzene rings is 1. The summed E-state index contributed by atoms with van der Waals surface area (Å²) < 4.78 is 4.74. The van der Waals surface area contributed by atoms with E-state index >= 15 is 0 Å². The lowest BCUT2D eigenvalue weighted by Crippen LogP contribution is -2.23. The first kappa shape index (κ1) is 10.0. The molecule has 0 bridgehead atoms. The molecule has 0 aliphatic heterocycles. The average Bonchev–Trinajstić information content (AvgIpc) is 2.15. The van der Waals surface area contributed by atoms with Crippen LogP contribution in [0, 0.1) is 0 Å². The van der Waals surface area contributed by atoms with Crippen LogP contribution in [0.2, 0.25) is 0 Å². The van der Waals surface area contributed by atoms with Gasteiger partial charge in [-0.25, -0.2) is 4.79 Å². The quantitative estimate of drug-likeness (QED) is 0.700. The van der Waals surface area contributed by atoms with Crippen LogP contribution in [0.1, 0.15) is 10.4 Å². The number of carboxylic acid groups (broad SMARTS) is 2. The molecular weight excluding hydrogens is 188 g/mol. The highest BCUT2D eigenvalue weighted by molar-refractivity contribution is 5.89. The fourth-order valence-electron chi connectivity index (χ4n) is 0.901. The van der Waals surface area contributed by atoms with Gasteiger partial charge >= 0.3 is 5.97 Å². The average molecular weight is 195 g/mol. The van der Waals surface area contributed by atoms with Crippen LogP contribution < -0.4 is 9.84 Å². The molecule has 1 aromatic carbocycles. The predicted octanol–water partition coefficient (Wildman–Crippen LogP) is -0.486. The van der Waals surface area contributed by atoms with Crippen molar-refractivity contribution in [2.45, 2.75) is 0 Å². The van der Waals surface area contributed by atoms with Gasteiger partial charge in [0.15, 0.2) is 6.61 Å². The van der Waals surface area contributed by atoms with Crippen molar-refractivity contribution in [1.29, 1.82) is 0 Å². The summed E-state index contributed by atoms with van der Waals surface area (Å²) in [6.45, 7) is -0.579. The Morgan fingerprint density at radius 1 is 1.36 bits per heavy atom. The summed E-state index contributed by atoms with van der Waals surface area (Å²) in [5.74, 6) is -2.57. The van der Waals surface area contributed by atoms with Gasteiger partial charge in [0.2, 0.25) is 0 Å². The van der Waals surface area contributed by atoms with E-state index in [1.165, 1.54) is 18.2 Å². The zero-order chi connectivity index (χ0) is 10.6. The number of hydrogen-bond donors (Lipinski definition) is 1. The minimum Gasteiger partial charge on any atom is -0.545 e. The molecule has 0 atom stereocenters. The van der Waals surface area contributed by atoms with Gasteiger partial charge in [-0.3, -0.25) is 0 Å². The third-order valence-electron chi connectivity index (χ3n) is 1.46. The van der Waals surface area contributed by atoms with E-state index < -0.39 is 18.5 Å². The monoisotopic (exact) mass is 195 g/mol. The number of carboxylic acids is 2. The predicted molar refractivity (Wildman–Crippen MR) is 43.9 cm³/mol. The number of hydrogen-bond acceptors (Lipinski definition) is 4. The molecule has 0 amide bonds. The highest BCUT2D eigenvalue weighted by Gasteiger charge is 2.05. The second kappa shape index (κ2) is 4.27. The highest BCUT2D eigenvalue weighted by Crippen LogP contribution is 2.16. The zero-order valence-corrected chi connectivity index (χ0v) is 7.10. The minimum absolute atomic E-state index is 0.00472. The van der Waals surface area contributed by atoms with Crippen LogP contribution in [0.25, 0.3) is 0 Å². The Bertz CT molecular complexity index is 358. The fraction of sp³-hybridized carbons (Fsp3) is 0.111. The Kier molecular flexibility index (Phi) is 3.06. The largest absolute Gasteiger partial charge is 0.545 e. The van der Waals surface area contributed by atoms with Gasteiger partial charge in [-0.2, -0.15) is 0 Å². The summed E-state index contributed by atoms with van der Waals surface area (Å²) in [6, 6.07) is 5.70. The number of para-hydroxylation sites is 1. The molecule has 0 spiro atoms. The van der Waals surface area contributed by atoms with E-state index in [1.807, 2.05) is 0 Å². The Labute approximate surface area is 79.6 Å². The molecule has 0 unspecified atom stereocenters. The van der Waals surface area contributed by atoms with E-state index in [2.05, 4.69) is 0 Å². The van der Waals surface area contributed by atoms with E-state index in [4.69, 9.17) is 9.84 Å². The number of carbonyl (C=O) groups is 2. The lowest BCUT2D eigenvalue weighted by Gasteiger charge is -2.09. The fourth-order valence-corrected chi connectivity index (χ4v) is 0.901. The van der Waals surface area contributed by atoms with Crippen molar-refractivity contribution in [1.82, 2.24) is 0 Å². The van der Waals surface area contributed by atoms with Crippen molar-refractivity contribution in [2.24, 2.45) is 0 Å². The molecule has 0 fully saturated rings. The Balaban J connectivity index is 2.84. The van der Waals surface area contributed by atoms with Crippen LogP contribution in [0.4, 0.5) is 0 Å². The van der Waals surface area contributed by atoms with Gasteiger partial charge in [-0.05, 0) is 12.1 Å². The maximum Gasteiger partial charge on any atom is 0.341 e. The molecule has 1 aromatic rings. The van der Waals surface area contributed by atoms with E-state index in [-0.39, 0.29) is 11.3 Å². The minimum atomic E-state index is -1.40. The molecule has 0 aliphatic carbocycles. The first-order valence-corrected chi connectivity index (χ1v) is 3.76. The summed E-state index contributed by atoms with van der Waals surface area (Å²) in [4.78, 5) is 20.7. The SMILES string of the molecule is O=C(O)COc1ccccc1C(=O)[O-]. The molecule has 0 saturated heterocycles. The van der Waals surface area contributed by atoms with Gasteiger partial charge in [-0.15, -0.1) is 0 Å². The van der Waals surface area contributed by atoms with Crippen molar-refractivity contribution < 1.29 is 24.5 Å². The normalized spacial score (nSPS) is 9.43. The standard InChI is InChI=1S/C9H8O5/c10-8(11)5-14-7-4-2-1-3-6(7)9(12)13/h1-4H,5H2,(H,10,11)(H,12,13)/p-1. The third-order valence-corrected chi connectivity index (χ3v) is 1.46. The van der Waals surface area contributed by atoms with Crippen molar-refractivity contribution in [3.8, 4) is 5.75 Å². The number of rotatable bonds is 4. The van der Waals surface area contributed by atoms with Gasteiger partial charge in [-0.1, -0.05) is 12.1 Å². The van der Waals surface area contributed by atoms with E-state index in [0.29, 0.717) is 0 Å². The number of ether oxygens (including phenoxy) is 1. The van der Waals surface area contributed by atoms with Crippen LogP contribution in [0.5, 0.6) is 5.75 Å². The second-order valence-electron chi connectivity index (χ2n) is 2.47. The molecule has 0 radical (unpaired) electrons. The maximum atomic E-state index is 10.5. The summed E-state index contributed by atoms with van der Waals surface area (Å²) in [6.07, 6.45) is 0. The summed E-state index contributed by atoms with van der Waals surface area (Å²) in [5, 5.41) is 18.8. The molecule has 1 rings (SSSR count). The maximum absolute atomic E-state index is 10.5. The van der Waals surface area contributed by atoms with Gasteiger partial charge in [0.25, 0.3) is 0 Å². The topological polar surface area (TPSA) is 86.7 Å². The first-order valence-electron chi connectivity index (χ1n) is 3.76. The van der Waals surface area contributed by atoms with Crippen molar-refractivity contribution in [2.75, 3.05) is 6.61 Å². The first-order chi connectivity index (χ1) is 6.61. The number of aromatic carboxylic acids is 1. The summed E-state index contributed by atoms with van der Waals surface area (Å²) in [5.41, 5.74) is -0.159. The molecule has 1 N–H and O–H groups in total. The van der Waals surface area contributed by atoms with Crippen LogP contribution in [-0.2, 0) is 4.79 Å². The van der Waals surface area contributed by atoms with Crippen LogP contribution in [0.3, 0.4) is 0 Å². The van der Waals surface area contributed by atoms with Crippen molar-refractivity contribution in [3.05, 3.63) is 29.8 Å². The van der Waals surface area contributed by atoms with Crippen molar-refractivity contribution in [3.63, 3.8) is 0 Å². The Morgan fingerprint density at radius 3 is 2.57 bits per heavy atom. The third kappa shape index (κ3) is 2.48. The molecular formula is C9H7O5-. The Hall–Kier alpha value is -2.04. The molecule has 5 heteroatoms. The van der Waals surface area contributed by atoms with Crippen molar-refractivity contribution >= 4 is 11.9 Å². The van der Waals surface area contributed by atoms with E-state index in [9.17, 15) is 14.7 Å². The van der Waals surface area contributed by atoms with Gasteiger partial charge in [0.05, 0.1) is 5.97 Å². The smallest absolute Gasteiger partial charge is 0.341 e. The molecule has 74 valence electrons. The molecule has 14 heavy (non-hydrogen) atoms. The van der Waals surface area contributed by atoms with Gasteiger partial charge in [0.1, 0.15) is 5.75 Å². The van der Waals surface area contributed by atoms with Crippen LogP contribution in [-0.4, -0.2) is 23.7 Å². The van der Waals surface area contributed by atoms with Gasteiger partial charge in [0, 0.05) is 5.56 Å². The molecule has 0 aromatic heterocycles. The number of aliphatic carboxylic acids is 1. The lowest BCUT2D eigenvalue weighted by molar-refractivity contribution is -0.255. The summed E-state index contributed by atoms with van der Waals surface area (Å²) >= 11 is 0. The number of carbonyl (C=O) groups excluding carboxylic acids is 1. The van der Waals surface area contributed by atoms with Crippen LogP contribution >= 0.6 is 0 Å². The lowest BCUT2D eigenvalue weighted by atomic mass is 10.2. The van der Waals surface area contributed by atoms with E-state index in [1.54, 1.807) is 6.07 Å². The van der Waals surface area contributed by atoms with E-state index in [0.717, 1.165) is 0 Å². The zero-order valence-electron chi connectivity index (χ0n) is 7.10. The van der Waals surface area contributed by atoms with Gasteiger partial charge < -0.3 is 19.7 Å². The highest BCUT2D eigenvalue weighted by atomic mass is 16.5.